The highest BCUT2D eigenvalue weighted by atomic mass is 19.1. The molecule has 0 aliphatic heterocycles. The topological polar surface area (TPSA) is 34.1 Å². The molecule has 2 atom stereocenters. The summed E-state index contributed by atoms with van der Waals surface area (Å²) in [6.07, 6.45) is 0.0238. The van der Waals surface area contributed by atoms with Crippen LogP contribution in [-0.4, -0.2) is 17.7 Å². The van der Waals surface area contributed by atoms with Gasteiger partial charge in [0.1, 0.15) is 0 Å². The van der Waals surface area contributed by atoms with Crippen molar-refractivity contribution in [3.63, 3.8) is 0 Å². The molecule has 110 valence electrons. The first-order chi connectivity index (χ1) is 9.46. The van der Waals surface area contributed by atoms with Crippen LogP contribution < -0.4 is 0 Å². The van der Waals surface area contributed by atoms with Crippen molar-refractivity contribution in [2.75, 3.05) is 0 Å². The van der Waals surface area contributed by atoms with Crippen LogP contribution in [0.4, 0.5) is 4.39 Å². The largest absolute Gasteiger partial charge is 0.296 e. The van der Waals surface area contributed by atoms with Gasteiger partial charge in [-0.3, -0.25) is 9.59 Å². The summed E-state index contributed by atoms with van der Waals surface area (Å²) in [6.45, 7) is 7.42. The van der Waals surface area contributed by atoms with Crippen LogP contribution in [0.1, 0.15) is 55.6 Å². The second kappa shape index (κ2) is 7.32. The van der Waals surface area contributed by atoms with Gasteiger partial charge in [-0.15, -0.1) is 0 Å². The molecular weight excluding hydrogens is 255 g/mol. The summed E-state index contributed by atoms with van der Waals surface area (Å²) in [7, 11) is 0. The van der Waals surface area contributed by atoms with Crippen molar-refractivity contribution in [2.45, 2.75) is 53.1 Å². The maximum Gasteiger partial charge on any atom is 0.221 e. The first-order valence-electron chi connectivity index (χ1n) is 7.29. The van der Waals surface area contributed by atoms with E-state index in [1.165, 1.54) is 0 Å². The standard InChI is InChI=1S/C17H23FO2/c1-5-11(4)16(19)15(18)17(20)14-9-8-12(6-2)10-13(14)7-3/h8-11,15H,5-7H2,1-4H3. The highest BCUT2D eigenvalue weighted by Gasteiger charge is 2.30. The zero-order chi connectivity index (χ0) is 15.3. The molecular formula is C17H23FO2. The molecule has 0 radical (unpaired) electrons. The van der Waals surface area contributed by atoms with Crippen LogP contribution in [-0.2, 0) is 17.6 Å². The second-order valence-electron chi connectivity index (χ2n) is 5.14. The number of aryl methyl sites for hydroxylation is 2. The van der Waals surface area contributed by atoms with Gasteiger partial charge in [0.2, 0.25) is 12.0 Å². The first kappa shape index (κ1) is 16.5. The summed E-state index contributed by atoms with van der Waals surface area (Å²) in [5.41, 5.74) is 2.27. The zero-order valence-corrected chi connectivity index (χ0v) is 12.7. The summed E-state index contributed by atoms with van der Waals surface area (Å²) in [6, 6.07) is 5.40. The molecule has 0 aromatic heterocycles. The van der Waals surface area contributed by atoms with Crippen molar-refractivity contribution in [2.24, 2.45) is 5.92 Å². The van der Waals surface area contributed by atoms with Crippen molar-refractivity contribution >= 4 is 11.6 Å². The minimum atomic E-state index is -2.04. The predicted molar refractivity (Wildman–Crippen MR) is 78.9 cm³/mol. The Bertz CT molecular complexity index is 494. The summed E-state index contributed by atoms with van der Waals surface area (Å²) >= 11 is 0. The third-order valence-electron chi connectivity index (χ3n) is 3.80. The minimum Gasteiger partial charge on any atom is -0.296 e. The van der Waals surface area contributed by atoms with Gasteiger partial charge in [-0.1, -0.05) is 45.9 Å². The lowest BCUT2D eigenvalue weighted by atomic mass is 9.91. The third-order valence-corrected chi connectivity index (χ3v) is 3.80. The van der Waals surface area contributed by atoms with E-state index in [1.54, 1.807) is 13.0 Å². The van der Waals surface area contributed by atoms with Crippen molar-refractivity contribution < 1.29 is 14.0 Å². The average molecular weight is 278 g/mol. The molecule has 0 heterocycles. The minimum absolute atomic E-state index is 0.342. The maximum absolute atomic E-state index is 14.1. The highest BCUT2D eigenvalue weighted by Crippen LogP contribution is 2.19. The first-order valence-corrected chi connectivity index (χ1v) is 7.29. The van der Waals surface area contributed by atoms with Crippen LogP contribution in [0.2, 0.25) is 0 Å². The van der Waals surface area contributed by atoms with Gasteiger partial charge in [-0.25, -0.2) is 4.39 Å². The van der Waals surface area contributed by atoms with Crippen molar-refractivity contribution in [1.82, 2.24) is 0 Å². The zero-order valence-electron chi connectivity index (χ0n) is 12.7. The lowest BCUT2D eigenvalue weighted by Gasteiger charge is -2.14. The lowest BCUT2D eigenvalue weighted by molar-refractivity contribution is -0.125. The normalized spacial score (nSPS) is 13.8. The number of rotatable bonds is 7. The monoisotopic (exact) mass is 278 g/mol. The van der Waals surface area contributed by atoms with Gasteiger partial charge in [-0.05, 0) is 30.4 Å². The van der Waals surface area contributed by atoms with Crippen LogP contribution in [0.15, 0.2) is 18.2 Å². The number of Topliss-reactive ketones (excluding diaryl/α,β-unsaturated/α-hetero) is 2. The number of carbonyl (C=O) groups is 2. The number of hydrogen-bond acceptors (Lipinski definition) is 2. The van der Waals surface area contributed by atoms with E-state index < -0.39 is 23.7 Å². The molecule has 0 amide bonds. The summed E-state index contributed by atoms with van der Waals surface area (Å²) in [5.74, 6) is -1.73. The molecule has 20 heavy (non-hydrogen) atoms. The molecule has 0 saturated carbocycles. The van der Waals surface area contributed by atoms with E-state index >= 15 is 0 Å². The second-order valence-corrected chi connectivity index (χ2v) is 5.14. The van der Waals surface area contributed by atoms with Gasteiger partial charge in [0.15, 0.2) is 5.78 Å². The van der Waals surface area contributed by atoms with Gasteiger partial charge in [0.05, 0.1) is 0 Å². The number of benzene rings is 1. The molecule has 3 heteroatoms. The molecule has 1 rings (SSSR count). The Labute approximate surface area is 120 Å². The van der Waals surface area contributed by atoms with Crippen LogP contribution in [0, 0.1) is 5.92 Å². The lowest BCUT2D eigenvalue weighted by Crippen LogP contribution is -2.31. The maximum atomic E-state index is 14.1. The van der Waals surface area contributed by atoms with E-state index in [9.17, 15) is 14.0 Å². The number of halogens is 1. The molecule has 0 N–H and O–H groups in total. The number of alkyl halides is 1. The van der Waals surface area contributed by atoms with Crippen LogP contribution >= 0.6 is 0 Å². The Kier molecular flexibility index (Phi) is 6.05. The Morgan fingerprint density at radius 3 is 2.30 bits per heavy atom. The van der Waals surface area contributed by atoms with Gasteiger partial charge in [0.25, 0.3) is 0 Å². The molecule has 1 aromatic carbocycles. The highest BCUT2D eigenvalue weighted by molar-refractivity contribution is 6.14. The molecule has 2 unspecified atom stereocenters. The van der Waals surface area contributed by atoms with E-state index in [-0.39, 0.29) is 0 Å². The van der Waals surface area contributed by atoms with E-state index in [1.807, 2.05) is 32.9 Å². The van der Waals surface area contributed by atoms with Crippen molar-refractivity contribution in [3.8, 4) is 0 Å². The SMILES string of the molecule is CCc1ccc(C(=O)C(F)C(=O)C(C)CC)c(CC)c1. The van der Waals surface area contributed by atoms with Crippen LogP contribution in [0.3, 0.4) is 0 Å². The van der Waals surface area contributed by atoms with Crippen molar-refractivity contribution in [1.29, 1.82) is 0 Å². The number of carbonyl (C=O) groups excluding carboxylic acids is 2. The Balaban J connectivity index is 3.05. The average Bonchev–Trinajstić information content (AvgIpc) is 2.50. The van der Waals surface area contributed by atoms with Gasteiger partial charge >= 0.3 is 0 Å². The summed E-state index contributed by atoms with van der Waals surface area (Å²) in [5, 5.41) is 0. The van der Waals surface area contributed by atoms with E-state index in [0.717, 1.165) is 17.5 Å². The van der Waals surface area contributed by atoms with E-state index in [2.05, 4.69) is 0 Å². The van der Waals surface area contributed by atoms with E-state index in [0.29, 0.717) is 18.4 Å². The Morgan fingerprint density at radius 1 is 1.15 bits per heavy atom. The molecule has 0 spiro atoms. The molecule has 0 saturated heterocycles. The summed E-state index contributed by atoms with van der Waals surface area (Å²) < 4.78 is 14.1. The fourth-order valence-electron chi connectivity index (χ4n) is 2.12. The molecule has 1 aromatic rings. The number of ketones is 2. The van der Waals surface area contributed by atoms with Crippen LogP contribution in [0.5, 0.6) is 0 Å². The fraction of sp³-hybridized carbons (Fsp3) is 0.529. The van der Waals surface area contributed by atoms with Gasteiger partial charge in [-0.2, -0.15) is 0 Å². The van der Waals surface area contributed by atoms with Crippen molar-refractivity contribution in [3.05, 3.63) is 34.9 Å². The third kappa shape index (κ3) is 3.53. The molecule has 0 fully saturated rings. The molecule has 0 bridgehead atoms. The van der Waals surface area contributed by atoms with Gasteiger partial charge < -0.3 is 0 Å². The Hall–Kier alpha value is -1.51. The molecule has 0 aliphatic carbocycles. The predicted octanol–water partition coefficient (Wildman–Crippen LogP) is 3.95. The quantitative estimate of drug-likeness (QED) is 0.559. The smallest absolute Gasteiger partial charge is 0.221 e. The fourth-order valence-corrected chi connectivity index (χ4v) is 2.12. The van der Waals surface area contributed by atoms with E-state index in [4.69, 9.17) is 0 Å². The summed E-state index contributed by atoms with van der Waals surface area (Å²) in [4.78, 5) is 24.0. The van der Waals surface area contributed by atoms with Crippen LogP contribution in [0.25, 0.3) is 0 Å². The number of hydrogen-bond donors (Lipinski definition) is 0. The Morgan fingerprint density at radius 2 is 1.80 bits per heavy atom. The molecule has 0 aliphatic rings. The molecule has 2 nitrogen and oxygen atoms in total. The van der Waals surface area contributed by atoms with Gasteiger partial charge in [0, 0.05) is 11.5 Å².